The summed E-state index contributed by atoms with van der Waals surface area (Å²) in [6, 6.07) is 15.4. The molecule has 0 aliphatic carbocycles. The van der Waals surface area contributed by atoms with Crippen LogP contribution in [0.15, 0.2) is 58.5 Å². The lowest BCUT2D eigenvalue weighted by molar-refractivity contribution is 0.956. The third-order valence-corrected chi connectivity index (χ3v) is 3.98. The topological polar surface area (TPSA) is 36.8 Å². The molecule has 0 fully saturated rings. The number of hydrogen-bond donors (Lipinski definition) is 1. The Labute approximate surface area is 139 Å². The standard InChI is InChI=1S/C17H15Cl2N3/c18-13-7-4-8-14(19)17(13)22-15(11-16-20-9-10-21-16)12-5-2-1-3-6-12/h1-8H,9-11H2,(H,20,21). The molecule has 112 valence electrons. The van der Waals surface area contributed by atoms with Crippen LogP contribution < -0.4 is 5.32 Å². The van der Waals surface area contributed by atoms with Crippen molar-refractivity contribution in [3.63, 3.8) is 0 Å². The maximum Gasteiger partial charge on any atom is 0.102 e. The van der Waals surface area contributed by atoms with Crippen molar-refractivity contribution in [2.75, 3.05) is 13.1 Å². The van der Waals surface area contributed by atoms with Crippen LogP contribution in [0.4, 0.5) is 5.69 Å². The van der Waals surface area contributed by atoms with Gasteiger partial charge < -0.3 is 5.32 Å². The molecule has 0 amide bonds. The molecule has 3 rings (SSSR count). The van der Waals surface area contributed by atoms with Gasteiger partial charge in [-0.15, -0.1) is 0 Å². The maximum atomic E-state index is 6.24. The molecule has 0 saturated heterocycles. The molecule has 1 aliphatic rings. The van der Waals surface area contributed by atoms with Gasteiger partial charge >= 0.3 is 0 Å². The first-order valence-electron chi connectivity index (χ1n) is 7.08. The first-order valence-corrected chi connectivity index (χ1v) is 7.84. The highest BCUT2D eigenvalue weighted by atomic mass is 35.5. The Morgan fingerprint density at radius 1 is 1.05 bits per heavy atom. The molecular formula is C17H15Cl2N3. The Hall–Kier alpha value is -1.84. The second kappa shape index (κ2) is 6.95. The monoisotopic (exact) mass is 331 g/mol. The average molecular weight is 332 g/mol. The van der Waals surface area contributed by atoms with Gasteiger partial charge in [0.2, 0.25) is 0 Å². The number of rotatable bonds is 4. The number of benzene rings is 2. The zero-order valence-corrected chi connectivity index (χ0v) is 13.4. The van der Waals surface area contributed by atoms with Crippen molar-refractivity contribution in [1.29, 1.82) is 0 Å². The van der Waals surface area contributed by atoms with Crippen molar-refractivity contribution in [1.82, 2.24) is 5.32 Å². The molecule has 0 unspecified atom stereocenters. The largest absolute Gasteiger partial charge is 0.372 e. The number of aliphatic imine (C=N–C) groups is 2. The van der Waals surface area contributed by atoms with Crippen LogP contribution in [0.3, 0.4) is 0 Å². The molecule has 0 atom stereocenters. The minimum absolute atomic E-state index is 0.544. The zero-order valence-electron chi connectivity index (χ0n) is 11.9. The summed E-state index contributed by atoms with van der Waals surface area (Å²) in [5.74, 6) is 0.950. The summed E-state index contributed by atoms with van der Waals surface area (Å²) in [6.45, 7) is 1.69. The first-order chi connectivity index (χ1) is 10.7. The predicted molar refractivity (Wildman–Crippen MR) is 94.0 cm³/mol. The Morgan fingerprint density at radius 3 is 2.41 bits per heavy atom. The summed E-state index contributed by atoms with van der Waals surface area (Å²) in [5, 5.41) is 4.36. The van der Waals surface area contributed by atoms with Gasteiger partial charge in [0.1, 0.15) is 11.5 Å². The fourth-order valence-electron chi connectivity index (χ4n) is 2.29. The summed E-state index contributed by atoms with van der Waals surface area (Å²) in [4.78, 5) is 9.17. The number of amidine groups is 1. The Bertz CT molecular complexity index is 704. The van der Waals surface area contributed by atoms with Gasteiger partial charge in [-0.05, 0) is 17.7 Å². The molecule has 5 heteroatoms. The van der Waals surface area contributed by atoms with Gasteiger partial charge in [-0.3, -0.25) is 4.99 Å². The Kier molecular flexibility index (Phi) is 4.76. The van der Waals surface area contributed by atoms with Crippen molar-refractivity contribution in [2.24, 2.45) is 9.98 Å². The molecule has 2 aromatic rings. The lowest BCUT2D eigenvalue weighted by atomic mass is 10.1. The molecule has 1 aliphatic heterocycles. The van der Waals surface area contributed by atoms with E-state index in [2.05, 4.69) is 10.3 Å². The molecule has 0 bridgehead atoms. The van der Waals surface area contributed by atoms with Gasteiger partial charge in [-0.1, -0.05) is 59.6 Å². The molecule has 0 aromatic heterocycles. The maximum absolute atomic E-state index is 6.24. The number of para-hydroxylation sites is 1. The predicted octanol–water partition coefficient (Wildman–Crippen LogP) is 4.51. The van der Waals surface area contributed by atoms with Crippen LogP contribution in [-0.4, -0.2) is 24.6 Å². The van der Waals surface area contributed by atoms with Gasteiger partial charge in [0, 0.05) is 13.0 Å². The van der Waals surface area contributed by atoms with E-state index in [4.69, 9.17) is 28.2 Å². The van der Waals surface area contributed by atoms with E-state index < -0.39 is 0 Å². The van der Waals surface area contributed by atoms with E-state index in [9.17, 15) is 0 Å². The van der Waals surface area contributed by atoms with Crippen molar-refractivity contribution >= 4 is 40.4 Å². The molecule has 0 saturated carbocycles. The minimum atomic E-state index is 0.544. The van der Waals surface area contributed by atoms with Crippen LogP contribution in [-0.2, 0) is 0 Å². The smallest absolute Gasteiger partial charge is 0.102 e. The van der Waals surface area contributed by atoms with E-state index in [0.29, 0.717) is 22.2 Å². The van der Waals surface area contributed by atoms with E-state index in [-0.39, 0.29) is 0 Å². The SMILES string of the molecule is Clc1cccc(Cl)c1N=C(CC1=NCCN1)c1ccccc1. The lowest BCUT2D eigenvalue weighted by Gasteiger charge is -2.09. The van der Waals surface area contributed by atoms with Crippen LogP contribution in [0.25, 0.3) is 0 Å². The fourth-order valence-corrected chi connectivity index (χ4v) is 2.77. The summed E-state index contributed by atoms with van der Waals surface area (Å²) >= 11 is 12.5. The third kappa shape index (κ3) is 3.49. The van der Waals surface area contributed by atoms with Crippen LogP contribution in [0, 0.1) is 0 Å². The van der Waals surface area contributed by atoms with E-state index >= 15 is 0 Å². The van der Waals surface area contributed by atoms with Gasteiger partial charge in [0.15, 0.2) is 0 Å². The summed E-state index contributed by atoms with van der Waals surface area (Å²) < 4.78 is 0. The van der Waals surface area contributed by atoms with Crippen LogP contribution >= 0.6 is 23.2 Å². The second-order valence-corrected chi connectivity index (χ2v) is 5.74. The summed E-state index contributed by atoms with van der Waals surface area (Å²) in [5.41, 5.74) is 2.53. The van der Waals surface area contributed by atoms with Crippen LogP contribution in [0.5, 0.6) is 0 Å². The van der Waals surface area contributed by atoms with Crippen LogP contribution in [0.2, 0.25) is 10.0 Å². The molecule has 1 N–H and O–H groups in total. The second-order valence-electron chi connectivity index (χ2n) is 4.93. The minimum Gasteiger partial charge on any atom is -0.372 e. The number of halogens is 2. The third-order valence-electron chi connectivity index (χ3n) is 3.37. The summed E-state index contributed by atoms with van der Waals surface area (Å²) in [7, 11) is 0. The molecule has 0 radical (unpaired) electrons. The van der Waals surface area contributed by atoms with Crippen LogP contribution in [0.1, 0.15) is 12.0 Å². The number of nitrogens with one attached hydrogen (secondary N) is 1. The normalized spacial score (nSPS) is 14.6. The van der Waals surface area contributed by atoms with Gasteiger partial charge in [-0.25, -0.2) is 4.99 Å². The highest BCUT2D eigenvalue weighted by Gasteiger charge is 2.13. The first kappa shape index (κ1) is 15.1. The molecular weight excluding hydrogens is 317 g/mol. The number of hydrogen-bond acceptors (Lipinski definition) is 3. The average Bonchev–Trinajstić information content (AvgIpc) is 3.04. The van der Waals surface area contributed by atoms with Crippen molar-refractivity contribution < 1.29 is 0 Å². The quantitative estimate of drug-likeness (QED) is 0.822. The van der Waals surface area contributed by atoms with Crippen molar-refractivity contribution in [3.8, 4) is 0 Å². The van der Waals surface area contributed by atoms with E-state index in [1.807, 2.05) is 36.4 Å². The van der Waals surface area contributed by atoms with Gasteiger partial charge in [0.25, 0.3) is 0 Å². The summed E-state index contributed by atoms with van der Waals surface area (Å²) in [6.07, 6.45) is 0.631. The Balaban J connectivity index is 2.02. The van der Waals surface area contributed by atoms with E-state index in [1.165, 1.54) is 0 Å². The van der Waals surface area contributed by atoms with Crippen molar-refractivity contribution in [3.05, 3.63) is 64.1 Å². The van der Waals surface area contributed by atoms with Gasteiger partial charge in [0.05, 0.1) is 22.3 Å². The molecule has 22 heavy (non-hydrogen) atoms. The van der Waals surface area contributed by atoms with E-state index in [0.717, 1.165) is 30.2 Å². The lowest BCUT2D eigenvalue weighted by Crippen LogP contribution is -2.22. The fraction of sp³-hybridized carbons (Fsp3) is 0.176. The molecule has 1 heterocycles. The van der Waals surface area contributed by atoms with Crippen molar-refractivity contribution in [2.45, 2.75) is 6.42 Å². The highest BCUT2D eigenvalue weighted by molar-refractivity contribution is 6.39. The van der Waals surface area contributed by atoms with E-state index in [1.54, 1.807) is 12.1 Å². The molecule has 0 spiro atoms. The molecule has 3 nitrogen and oxygen atoms in total. The highest BCUT2D eigenvalue weighted by Crippen LogP contribution is 2.33. The number of nitrogens with zero attached hydrogens (tertiary/aromatic N) is 2. The molecule has 2 aromatic carbocycles. The zero-order chi connectivity index (χ0) is 15.4. The Morgan fingerprint density at radius 2 is 1.77 bits per heavy atom. The van der Waals surface area contributed by atoms with Gasteiger partial charge in [-0.2, -0.15) is 0 Å².